The zero-order chi connectivity index (χ0) is 13.9. The molecule has 1 aromatic rings. The van der Waals surface area contributed by atoms with Gasteiger partial charge in [-0.05, 0) is 0 Å². The van der Waals surface area contributed by atoms with E-state index in [1.807, 2.05) is 19.9 Å². The molecule has 100 valence electrons. The Kier molecular flexibility index (Phi) is 4.88. The second-order valence-electron chi connectivity index (χ2n) is 4.32. The van der Waals surface area contributed by atoms with Crippen molar-refractivity contribution in [3.63, 3.8) is 0 Å². The summed E-state index contributed by atoms with van der Waals surface area (Å²) in [7, 11) is 0. The molecule has 0 radical (unpaired) electrons. The normalized spacial score (nSPS) is 14.9. The zero-order valence-corrected chi connectivity index (χ0v) is 12.1. The van der Waals surface area contributed by atoms with Gasteiger partial charge in [-0.2, -0.15) is 0 Å². The Morgan fingerprint density at radius 1 is 1.33 bits per heavy atom. The average Bonchev–Trinajstić information content (AvgIpc) is 2.26. The number of rotatable bonds is 3. The van der Waals surface area contributed by atoms with E-state index in [1.54, 1.807) is 6.92 Å². The zero-order valence-electron chi connectivity index (χ0n) is 10.4. The molecule has 0 heterocycles. The minimum absolute atomic E-state index is 0.232. The predicted octanol–water partition coefficient (Wildman–Crippen LogP) is 3.48. The van der Waals surface area contributed by atoms with Crippen LogP contribution in [0.3, 0.4) is 0 Å². The van der Waals surface area contributed by atoms with E-state index in [0.29, 0.717) is 4.47 Å². The molecule has 0 aromatic heterocycles. The van der Waals surface area contributed by atoms with Crippen LogP contribution in [0.4, 0.5) is 13.2 Å². The first-order chi connectivity index (χ1) is 8.21. The summed E-state index contributed by atoms with van der Waals surface area (Å²) in [6, 6.07) is 4.76. The monoisotopic (exact) mass is 324 g/mol. The Labute approximate surface area is 109 Å². The summed E-state index contributed by atoms with van der Waals surface area (Å²) in [5.41, 5.74) is -0.748. The van der Waals surface area contributed by atoms with Gasteiger partial charge >= 0.3 is 109 Å². The molecule has 0 aliphatic heterocycles. The second kappa shape index (κ2) is 5.81. The van der Waals surface area contributed by atoms with Crippen molar-refractivity contribution in [2.45, 2.75) is 26.9 Å². The standard InChI is InChI=1S/C13H15F3OSe/c1-9(2)7-10(3)18(17)12-6-4-5-11(8-12)13(14,15)16/h4-9H,1-3H3/b10-7-. The molecule has 0 N–H and O–H groups in total. The van der Waals surface area contributed by atoms with Gasteiger partial charge in [0.1, 0.15) is 0 Å². The van der Waals surface area contributed by atoms with Crippen LogP contribution in [0.15, 0.2) is 34.8 Å². The number of benzene rings is 1. The van der Waals surface area contributed by atoms with Crippen LogP contribution in [0, 0.1) is 5.92 Å². The van der Waals surface area contributed by atoms with Gasteiger partial charge in [-0.25, -0.2) is 0 Å². The van der Waals surface area contributed by atoms with Crippen molar-refractivity contribution in [3.8, 4) is 0 Å². The van der Waals surface area contributed by atoms with Gasteiger partial charge in [0.25, 0.3) is 0 Å². The van der Waals surface area contributed by atoms with E-state index in [2.05, 4.69) is 0 Å². The van der Waals surface area contributed by atoms with Crippen LogP contribution in [0.25, 0.3) is 0 Å². The van der Waals surface area contributed by atoms with Gasteiger partial charge in [-0.3, -0.25) is 0 Å². The van der Waals surface area contributed by atoms with E-state index in [4.69, 9.17) is 0 Å². The van der Waals surface area contributed by atoms with Gasteiger partial charge in [0, 0.05) is 0 Å². The molecule has 1 rings (SSSR count). The summed E-state index contributed by atoms with van der Waals surface area (Å²) in [6.45, 7) is 5.58. The number of alkyl halides is 3. The molecular weight excluding hydrogens is 308 g/mol. The summed E-state index contributed by atoms with van der Waals surface area (Å²) in [5, 5.41) is 0. The summed E-state index contributed by atoms with van der Waals surface area (Å²) >= 11 is -2.55. The minimum atomic E-state index is -4.39. The Morgan fingerprint density at radius 2 is 1.94 bits per heavy atom. The van der Waals surface area contributed by atoms with Crippen LogP contribution in [0.5, 0.6) is 0 Å². The maximum atomic E-state index is 12.5. The van der Waals surface area contributed by atoms with E-state index >= 15 is 0 Å². The summed E-state index contributed by atoms with van der Waals surface area (Å²) in [6.07, 6.45) is -2.56. The third-order valence-corrected chi connectivity index (χ3v) is 5.18. The van der Waals surface area contributed by atoms with E-state index in [0.717, 1.165) is 12.1 Å². The molecule has 0 aliphatic carbocycles. The third kappa shape index (κ3) is 4.07. The molecule has 0 spiro atoms. The molecule has 5 heteroatoms. The van der Waals surface area contributed by atoms with Crippen molar-refractivity contribution < 1.29 is 17.0 Å². The SMILES string of the molecule is C/C(=C/C(C)C)[Se](=O)c1cccc(C(F)(F)F)c1. The van der Waals surface area contributed by atoms with Gasteiger partial charge in [0.05, 0.1) is 0 Å². The molecule has 18 heavy (non-hydrogen) atoms. The summed E-state index contributed by atoms with van der Waals surface area (Å²) in [5.74, 6) is 0.232. The topological polar surface area (TPSA) is 17.1 Å². The van der Waals surface area contributed by atoms with E-state index in [1.165, 1.54) is 12.1 Å². The van der Waals surface area contributed by atoms with Crippen molar-refractivity contribution in [2.24, 2.45) is 5.92 Å². The maximum absolute atomic E-state index is 12.5. The molecule has 0 saturated carbocycles. The molecule has 1 unspecified atom stereocenters. The first-order valence-corrected chi connectivity index (χ1v) is 7.90. The first-order valence-electron chi connectivity index (χ1n) is 5.49. The number of hydrogen-bond donors (Lipinski definition) is 0. The van der Waals surface area contributed by atoms with Gasteiger partial charge in [-0.1, -0.05) is 0 Å². The molecule has 0 aliphatic rings. The average molecular weight is 323 g/mol. The van der Waals surface area contributed by atoms with Crippen LogP contribution in [0.1, 0.15) is 26.3 Å². The molecule has 0 amide bonds. The molecule has 0 fully saturated rings. The van der Waals surface area contributed by atoms with Crippen LogP contribution in [-0.4, -0.2) is 13.8 Å². The van der Waals surface area contributed by atoms with Crippen LogP contribution in [0.2, 0.25) is 0 Å². The molecule has 1 atom stereocenters. The van der Waals surface area contributed by atoms with E-state index in [9.17, 15) is 17.0 Å². The molecule has 0 saturated heterocycles. The van der Waals surface area contributed by atoms with Gasteiger partial charge in [0.2, 0.25) is 0 Å². The molecular formula is C13H15F3OSe. The Hall–Kier alpha value is -0.931. The molecule has 1 aromatic carbocycles. The molecule has 1 nitrogen and oxygen atoms in total. The fraction of sp³-hybridized carbons (Fsp3) is 0.385. The van der Waals surface area contributed by atoms with Crippen LogP contribution in [-0.2, 0) is 10.0 Å². The predicted molar refractivity (Wildman–Crippen MR) is 66.1 cm³/mol. The van der Waals surface area contributed by atoms with Crippen LogP contribution >= 0.6 is 0 Å². The fourth-order valence-corrected chi connectivity index (χ4v) is 4.03. The van der Waals surface area contributed by atoms with E-state index < -0.39 is 25.6 Å². The third-order valence-electron chi connectivity index (χ3n) is 2.24. The second-order valence-corrected chi connectivity index (χ2v) is 7.78. The Balaban J connectivity index is 3.08. The van der Waals surface area contributed by atoms with Gasteiger partial charge in [0.15, 0.2) is 0 Å². The quantitative estimate of drug-likeness (QED) is 0.779. The van der Waals surface area contributed by atoms with Gasteiger partial charge in [-0.15, -0.1) is 0 Å². The molecule has 0 bridgehead atoms. The van der Waals surface area contributed by atoms with Crippen molar-refractivity contribution in [1.29, 1.82) is 0 Å². The number of allylic oxidation sites excluding steroid dienone is 2. The first kappa shape index (κ1) is 15.1. The van der Waals surface area contributed by atoms with Crippen molar-refractivity contribution >= 4 is 18.3 Å². The summed E-state index contributed by atoms with van der Waals surface area (Å²) in [4.78, 5) is 0. The Morgan fingerprint density at radius 3 is 2.44 bits per heavy atom. The van der Waals surface area contributed by atoms with Crippen molar-refractivity contribution in [3.05, 3.63) is 40.4 Å². The fourth-order valence-electron chi connectivity index (χ4n) is 1.50. The Bertz CT molecular complexity index is 475. The van der Waals surface area contributed by atoms with Crippen molar-refractivity contribution in [2.75, 3.05) is 0 Å². The van der Waals surface area contributed by atoms with Crippen molar-refractivity contribution in [1.82, 2.24) is 0 Å². The number of hydrogen-bond acceptors (Lipinski definition) is 1. The van der Waals surface area contributed by atoms with Crippen LogP contribution < -0.4 is 4.46 Å². The van der Waals surface area contributed by atoms with E-state index in [-0.39, 0.29) is 10.4 Å². The summed E-state index contributed by atoms with van der Waals surface area (Å²) < 4.78 is 50.7. The van der Waals surface area contributed by atoms with Gasteiger partial charge < -0.3 is 0 Å². The number of halogens is 3.